The average Bonchev–Trinajstić information content (AvgIpc) is 2.33. The Morgan fingerprint density at radius 2 is 1.94 bits per heavy atom. The predicted octanol–water partition coefficient (Wildman–Crippen LogP) is 4.16. The number of aryl methyl sites for hydroxylation is 1. The van der Waals surface area contributed by atoms with Crippen molar-refractivity contribution >= 4 is 23.8 Å². The van der Waals surface area contributed by atoms with E-state index in [-0.39, 0.29) is 0 Å². The van der Waals surface area contributed by atoms with Gasteiger partial charge in [0.05, 0.1) is 6.61 Å². The molecule has 1 aromatic carbocycles. The van der Waals surface area contributed by atoms with Gasteiger partial charge in [-0.1, -0.05) is 17.7 Å². The molecule has 0 amide bonds. The highest BCUT2D eigenvalue weighted by molar-refractivity contribution is 7.99. The van der Waals surface area contributed by atoms with Gasteiger partial charge < -0.3 is 4.18 Å². The number of hydrogen-bond acceptors (Lipinski definition) is 3. The fourth-order valence-electron chi connectivity index (χ4n) is 1.71. The minimum atomic E-state index is 0.777. The van der Waals surface area contributed by atoms with Gasteiger partial charge in [0.2, 0.25) is 0 Å². The first-order valence-corrected chi connectivity index (χ1v) is 7.68. The molecule has 1 nitrogen and oxygen atoms in total. The molecule has 88 valence electrons. The molecular weight excluding hydrogens is 236 g/mol. The monoisotopic (exact) mass is 254 g/mol. The summed E-state index contributed by atoms with van der Waals surface area (Å²) < 4.78 is 5.71. The quantitative estimate of drug-likeness (QED) is 0.747. The third-order valence-corrected chi connectivity index (χ3v) is 4.59. The molecule has 0 aliphatic carbocycles. The largest absolute Gasteiger partial charge is 0.310 e. The lowest BCUT2D eigenvalue weighted by molar-refractivity contribution is 0.276. The lowest BCUT2D eigenvalue weighted by Crippen LogP contribution is -2.14. The molecule has 0 bridgehead atoms. The van der Waals surface area contributed by atoms with Gasteiger partial charge in [-0.15, -0.1) is 0 Å². The maximum absolute atomic E-state index is 5.71. The Morgan fingerprint density at radius 1 is 1.25 bits per heavy atom. The summed E-state index contributed by atoms with van der Waals surface area (Å²) >= 11 is 3.58. The zero-order valence-corrected chi connectivity index (χ0v) is 11.3. The molecular formula is C13H18OS2. The molecule has 0 spiro atoms. The molecule has 0 atom stereocenters. The first-order chi connectivity index (χ1) is 7.84. The minimum absolute atomic E-state index is 0.777. The Morgan fingerprint density at radius 3 is 2.62 bits per heavy atom. The summed E-state index contributed by atoms with van der Waals surface area (Å²) in [5.74, 6) is 3.39. The standard InChI is InChI=1S/C13H18OS2/c1-11-2-4-13(5-3-11)16-14-10-12-6-8-15-9-7-12/h2-5,12H,6-10H2,1H3. The Balaban J connectivity index is 1.69. The number of thioether (sulfide) groups is 1. The van der Waals surface area contributed by atoms with Crippen LogP contribution in [0.15, 0.2) is 29.2 Å². The van der Waals surface area contributed by atoms with Crippen molar-refractivity contribution in [3.8, 4) is 0 Å². The van der Waals surface area contributed by atoms with E-state index in [0.717, 1.165) is 12.5 Å². The maximum Gasteiger partial charge on any atom is 0.0647 e. The third-order valence-electron chi connectivity index (χ3n) is 2.82. The van der Waals surface area contributed by atoms with Crippen molar-refractivity contribution in [2.45, 2.75) is 24.7 Å². The normalized spacial score (nSPS) is 17.6. The van der Waals surface area contributed by atoms with Crippen LogP contribution >= 0.6 is 23.8 Å². The molecule has 0 radical (unpaired) electrons. The summed E-state index contributed by atoms with van der Waals surface area (Å²) in [6.45, 7) is 3.01. The molecule has 1 saturated heterocycles. The topological polar surface area (TPSA) is 9.23 Å². The van der Waals surface area contributed by atoms with Crippen molar-refractivity contribution in [3.05, 3.63) is 29.8 Å². The second kappa shape index (κ2) is 6.58. The molecule has 3 heteroatoms. The van der Waals surface area contributed by atoms with Crippen LogP contribution in [-0.2, 0) is 4.18 Å². The highest BCUT2D eigenvalue weighted by atomic mass is 32.2. The van der Waals surface area contributed by atoms with Crippen molar-refractivity contribution < 1.29 is 4.18 Å². The van der Waals surface area contributed by atoms with Crippen LogP contribution in [0.2, 0.25) is 0 Å². The zero-order valence-electron chi connectivity index (χ0n) is 9.65. The fraction of sp³-hybridized carbons (Fsp3) is 0.538. The highest BCUT2D eigenvalue weighted by Crippen LogP contribution is 2.26. The molecule has 0 N–H and O–H groups in total. The third kappa shape index (κ3) is 4.04. The van der Waals surface area contributed by atoms with E-state index in [4.69, 9.17) is 4.18 Å². The molecule has 1 aliphatic rings. The molecule has 1 aromatic rings. The van der Waals surface area contributed by atoms with Gasteiger partial charge in [0.1, 0.15) is 0 Å². The van der Waals surface area contributed by atoms with Gasteiger partial charge in [-0.25, -0.2) is 0 Å². The van der Waals surface area contributed by atoms with E-state index in [1.165, 1.54) is 46.8 Å². The molecule has 0 aromatic heterocycles. The fourth-order valence-corrected chi connectivity index (χ4v) is 3.55. The molecule has 1 heterocycles. The summed E-state index contributed by atoms with van der Waals surface area (Å²) in [6.07, 6.45) is 2.64. The van der Waals surface area contributed by atoms with Crippen LogP contribution in [0.25, 0.3) is 0 Å². The van der Waals surface area contributed by atoms with Crippen LogP contribution in [0.4, 0.5) is 0 Å². The molecule has 2 rings (SSSR count). The Bertz CT molecular complexity index is 304. The summed E-state index contributed by atoms with van der Waals surface area (Å²) in [4.78, 5) is 1.20. The number of rotatable bonds is 4. The van der Waals surface area contributed by atoms with Gasteiger partial charge in [0, 0.05) is 16.9 Å². The summed E-state index contributed by atoms with van der Waals surface area (Å²) in [5, 5.41) is 0. The summed E-state index contributed by atoms with van der Waals surface area (Å²) in [7, 11) is 0. The van der Waals surface area contributed by atoms with Crippen molar-refractivity contribution in [1.29, 1.82) is 0 Å². The van der Waals surface area contributed by atoms with Crippen LogP contribution in [0.3, 0.4) is 0 Å². The van der Waals surface area contributed by atoms with Gasteiger partial charge in [0.25, 0.3) is 0 Å². The second-order valence-corrected chi connectivity index (χ2v) is 6.34. The van der Waals surface area contributed by atoms with Crippen LogP contribution in [-0.4, -0.2) is 18.1 Å². The maximum atomic E-state index is 5.71. The zero-order chi connectivity index (χ0) is 11.2. The van der Waals surface area contributed by atoms with Crippen molar-refractivity contribution in [2.24, 2.45) is 5.92 Å². The molecule has 1 fully saturated rings. The molecule has 0 unspecified atom stereocenters. The Labute approximate surface area is 107 Å². The lowest BCUT2D eigenvalue weighted by atomic mass is 10.1. The number of hydrogen-bond donors (Lipinski definition) is 0. The van der Waals surface area contributed by atoms with Crippen LogP contribution < -0.4 is 0 Å². The smallest absolute Gasteiger partial charge is 0.0647 e. The van der Waals surface area contributed by atoms with Gasteiger partial charge in [-0.2, -0.15) is 11.8 Å². The highest BCUT2D eigenvalue weighted by Gasteiger charge is 2.13. The number of benzene rings is 1. The van der Waals surface area contributed by atoms with E-state index in [2.05, 4.69) is 43.0 Å². The van der Waals surface area contributed by atoms with Gasteiger partial charge in [-0.05, 0) is 49.3 Å². The molecule has 0 saturated carbocycles. The molecule has 1 aliphatic heterocycles. The SMILES string of the molecule is Cc1ccc(SOCC2CCSCC2)cc1. The van der Waals surface area contributed by atoms with Gasteiger partial charge in [-0.3, -0.25) is 0 Å². The summed E-state index contributed by atoms with van der Waals surface area (Å²) in [5.41, 5.74) is 1.30. The van der Waals surface area contributed by atoms with E-state index in [9.17, 15) is 0 Å². The molecule has 16 heavy (non-hydrogen) atoms. The Hall–Kier alpha value is -0.120. The van der Waals surface area contributed by atoms with Crippen LogP contribution in [0, 0.1) is 12.8 Å². The van der Waals surface area contributed by atoms with Crippen LogP contribution in [0.1, 0.15) is 18.4 Å². The van der Waals surface area contributed by atoms with Gasteiger partial charge >= 0.3 is 0 Å². The van der Waals surface area contributed by atoms with Crippen molar-refractivity contribution in [3.63, 3.8) is 0 Å². The minimum Gasteiger partial charge on any atom is -0.310 e. The van der Waals surface area contributed by atoms with E-state index < -0.39 is 0 Å². The van der Waals surface area contributed by atoms with Gasteiger partial charge in [0.15, 0.2) is 0 Å². The van der Waals surface area contributed by atoms with Crippen molar-refractivity contribution in [2.75, 3.05) is 18.1 Å². The first-order valence-electron chi connectivity index (χ1n) is 5.78. The van der Waals surface area contributed by atoms with E-state index >= 15 is 0 Å². The Kier molecular flexibility index (Phi) is 5.07. The van der Waals surface area contributed by atoms with E-state index in [1.807, 2.05) is 0 Å². The van der Waals surface area contributed by atoms with Crippen molar-refractivity contribution in [1.82, 2.24) is 0 Å². The summed E-state index contributed by atoms with van der Waals surface area (Å²) in [6, 6.07) is 8.50. The second-order valence-electron chi connectivity index (χ2n) is 4.24. The van der Waals surface area contributed by atoms with Crippen LogP contribution in [0.5, 0.6) is 0 Å². The van der Waals surface area contributed by atoms with E-state index in [0.29, 0.717) is 0 Å². The van der Waals surface area contributed by atoms with E-state index in [1.54, 1.807) is 0 Å². The average molecular weight is 254 g/mol. The predicted molar refractivity (Wildman–Crippen MR) is 73.0 cm³/mol. The first kappa shape index (κ1) is 12.3. The lowest BCUT2D eigenvalue weighted by Gasteiger charge is -2.20.